The van der Waals surface area contributed by atoms with Gasteiger partial charge in [0.15, 0.2) is 5.96 Å². The standard InChI is InChI=1S/C18H21N3O2/c1-12-3-9-16(10-4-12)23-17(22)13(2)11-14-5-7-15(8-6-14)21-18(19)20/h3-10,13H,11H2,1-2H3,(H4,19,20,21). The average molecular weight is 311 g/mol. The van der Waals surface area contributed by atoms with E-state index in [0.717, 1.165) is 16.8 Å². The van der Waals surface area contributed by atoms with Crippen molar-refractivity contribution in [3.8, 4) is 5.75 Å². The van der Waals surface area contributed by atoms with Gasteiger partial charge in [-0.2, -0.15) is 0 Å². The van der Waals surface area contributed by atoms with Gasteiger partial charge in [0.25, 0.3) is 0 Å². The molecule has 0 radical (unpaired) electrons. The summed E-state index contributed by atoms with van der Waals surface area (Å²) in [6.45, 7) is 3.83. The highest BCUT2D eigenvalue weighted by molar-refractivity contribution is 5.89. The molecule has 1 atom stereocenters. The number of rotatable bonds is 5. The number of guanidine groups is 1. The molecule has 0 saturated carbocycles. The molecular formula is C18H21N3O2. The smallest absolute Gasteiger partial charge is 0.314 e. The molecule has 2 aromatic carbocycles. The summed E-state index contributed by atoms with van der Waals surface area (Å²) in [4.78, 5) is 12.1. The van der Waals surface area contributed by atoms with Gasteiger partial charge in [-0.15, -0.1) is 0 Å². The normalized spacial score (nSPS) is 11.6. The van der Waals surface area contributed by atoms with Gasteiger partial charge in [-0.05, 0) is 43.2 Å². The molecule has 0 saturated heterocycles. The number of anilines is 1. The minimum atomic E-state index is -0.250. The third kappa shape index (κ3) is 5.14. The van der Waals surface area contributed by atoms with Gasteiger partial charge in [-0.25, -0.2) is 0 Å². The number of esters is 1. The molecule has 2 rings (SSSR count). The van der Waals surface area contributed by atoms with Crippen LogP contribution in [-0.4, -0.2) is 11.9 Å². The van der Waals surface area contributed by atoms with Crippen molar-refractivity contribution in [1.82, 2.24) is 0 Å². The lowest BCUT2D eigenvalue weighted by Gasteiger charge is -2.12. The molecule has 0 fully saturated rings. The maximum atomic E-state index is 12.1. The number of carbonyl (C=O) groups is 1. The van der Waals surface area contributed by atoms with Gasteiger partial charge in [0.2, 0.25) is 0 Å². The van der Waals surface area contributed by atoms with Crippen molar-refractivity contribution < 1.29 is 9.53 Å². The molecule has 0 bridgehead atoms. The molecule has 23 heavy (non-hydrogen) atoms. The average Bonchev–Trinajstić information content (AvgIpc) is 2.51. The lowest BCUT2D eigenvalue weighted by atomic mass is 10.0. The summed E-state index contributed by atoms with van der Waals surface area (Å²) < 4.78 is 5.38. The van der Waals surface area contributed by atoms with Crippen molar-refractivity contribution in [1.29, 1.82) is 5.41 Å². The second kappa shape index (κ2) is 7.45. The van der Waals surface area contributed by atoms with Crippen molar-refractivity contribution >= 4 is 17.6 Å². The largest absolute Gasteiger partial charge is 0.426 e. The van der Waals surface area contributed by atoms with E-state index in [-0.39, 0.29) is 17.8 Å². The third-order valence-corrected chi connectivity index (χ3v) is 3.42. The summed E-state index contributed by atoms with van der Waals surface area (Å²) in [5, 5.41) is 9.89. The quantitative estimate of drug-likeness (QED) is 0.343. The van der Waals surface area contributed by atoms with Crippen molar-refractivity contribution in [3.63, 3.8) is 0 Å². The monoisotopic (exact) mass is 311 g/mol. The zero-order valence-electron chi connectivity index (χ0n) is 13.3. The molecule has 0 spiro atoms. The maximum Gasteiger partial charge on any atom is 0.314 e. The molecular weight excluding hydrogens is 290 g/mol. The van der Waals surface area contributed by atoms with E-state index in [2.05, 4.69) is 5.32 Å². The van der Waals surface area contributed by atoms with Crippen LogP contribution in [0.25, 0.3) is 0 Å². The Hall–Kier alpha value is -2.82. The lowest BCUT2D eigenvalue weighted by Crippen LogP contribution is -2.21. The van der Waals surface area contributed by atoms with Crippen LogP contribution in [0.5, 0.6) is 5.75 Å². The number of benzene rings is 2. The first kappa shape index (κ1) is 16.5. The number of carbonyl (C=O) groups excluding carboxylic acids is 1. The molecule has 5 nitrogen and oxygen atoms in total. The first-order valence-electron chi connectivity index (χ1n) is 7.42. The summed E-state index contributed by atoms with van der Waals surface area (Å²) >= 11 is 0. The Balaban J connectivity index is 1.92. The second-order valence-electron chi connectivity index (χ2n) is 5.57. The predicted molar refractivity (Wildman–Crippen MR) is 91.7 cm³/mol. The van der Waals surface area contributed by atoms with Crippen LogP contribution in [0.3, 0.4) is 0 Å². The Morgan fingerprint density at radius 2 is 1.78 bits per heavy atom. The predicted octanol–water partition coefficient (Wildman–Crippen LogP) is 3.08. The van der Waals surface area contributed by atoms with Gasteiger partial charge in [0, 0.05) is 5.69 Å². The fourth-order valence-corrected chi connectivity index (χ4v) is 2.14. The summed E-state index contributed by atoms with van der Waals surface area (Å²) in [5.74, 6) is -0.0380. The Bertz CT molecular complexity index is 678. The molecule has 120 valence electrons. The van der Waals surface area contributed by atoms with E-state index in [1.807, 2.05) is 50.2 Å². The molecule has 0 aromatic heterocycles. The molecule has 2 aromatic rings. The minimum absolute atomic E-state index is 0.104. The Kier molecular flexibility index (Phi) is 5.36. The van der Waals surface area contributed by atoms with E-state index in [1.165, 1.54) is 0 Å². The highest BCUT2D eigenvalue weighted by atomic mass is 16.5. The van der Waals surface area contributed by atoms with E-state index in [1.54, 1.807) is 12.1 Å². The lowest BCUT2D eigenvalue weighted by molar-refractivity contribution is -0.138. The van der Waals surface area contributed by atoms with Crippen LogP contribution in [0.1, 0.15) is 18.1 Å². The van der Waals surface area contributed by atoms with E-state index in [0.29, 0.717) is 12.2 Å². The van der Waals surface area contributed by atoms with Gasteiger partial charge in [-0.1, -0.05) is 36.8 Å². The topological polar surface area (TPSA) is 88.2 Å². The van der Waals surface area contributed by atoms with Crippen LogP contribution < -0.4 is 15.8 Å². The highest BCUT2D eigenvalue weighted by Gasteiger charge is 2.16. The van der Waals surface area contributed by atoms with Gasteiger partial charge in [0.05, 0.1) is 5.92 Å². The maximum absolute atomic E-state index is 12.1. The Labute approximate surface area is 136 Å². The third-order valence-electron chi connectivity index (χ3n) is 3.42. The summed E-state index contributed by atoms with van der Waals surface area (Å²) in [6.07, 6.45) is 0.588. The SMILES string of the molecule is Cc1ccc(OC(=O)C(C)Cc2ccc(NC(=N)N)cc2)cc1. The van der Waals surface area contributed by atoms with Gasteiger partial charge in [0.1, 0.15) is 5.75 Å². The van der Waals surface area contributed by atoms with Crippen molar-refractivity contribution in [2.45, 2.75) is 20.3 Å². The molecule has 1 unspecified atom stereocenters. The zero-order valence-corrected chi connectivity index (χ0v) is 13.3. The molecule has 0 aliphatic rings. The van der Waals surface area contributed by atoms with Gasteiger partial charge < -0.3 is 15.8 Å². The minimum Gasteiger partial charge on any atom is -0.426 e. The number of aryl methyl sites for hydroxylation is 1. The Morgan fingerprint density at radius 1 is 1.17 bits per heavy atom. The van der Waals surface area contributed by atoms with Gasteiger partial charge in [-0.3, -0.25) is 10.2 Å². The zero-order chi connectivity index (χ0) is 16.8. The number of nitrogens with two attached hydrogens (primary N) is 1. The summed E-state index contributed by atoms with van der Waals surface area (Å²) in [7, 11) is 0. The van der Waals surface area contributed by atoms with E-state index < -0.39 is 0 Å². The highest BCUT2D eigenvalue weighted by Crippen LogP contribution is 2.17. The fraction of sp³-hybridized carbons (Fsp3) is 0.222. The number of hydrogen-bond acceptors (Lipinski definition) is 3. The van der Waals surface area contributed by atoms with Crippen LogP contribution in [0.2, 0.25) is 0 Å². The van der Waals surface area contributed by atoms with Crippen LogP contribution in [0.4, 0.5) is 5.69 Å². The summed E-state index contributed by atoms with van der Waals surface area (Å²) in [6, 6.07) is 14.9. The van der Waals surface area contributed by atoms with Crippen molar-refractivity contribution in [2.75, 3.05) is 5.32 Å². The molecule has 4 N–H and O–H groups in total. The second-order valence-corrected chi connectivity index (χ2v) is 5.57. The molecule has 0 aliphatic heterocycles. The van der Waals surface area contributed by atoms with E-state index in [4.69, 9.17) is 15.9 Å². The van der Waals surface area contributed by atoms with Crippen LogP contribution in [0.15, 0.2) is 48.5 Å². The van der Waals surface area contributed by atoms with Crippen LogP contribution in [0, 0.1) is 18.3 Å². The van der Waals surface area contributed by atoms with E-state index in [9.17, 15) is 4.79 Å². The molecule has 0 amide bonds. The first-order chi connectivity index (χ1) is 10.9. The van der Waals surface area contributed by atoms with Crippen LogP contribution in [-0.2, 0) is 11.2 Å². The Morgan fingerprint density at radius 3 is 2.35 bits per heavy atom. The van der Waals surface area contributed by atoms with Gasteiger partial charge >= 0.3 is 5.97 Å². The summed E-state index contributed by atoms with van der Waals surface area (Å²) in [5.41, 5.74) is 8.17. The molecule has 0 aliphatic carbocycles. The first-order valence-corrected chi connectivity index (χ1v) is 7.42. The molecule has 0 heterocycles. The van der Waals surface area contributed by atoms with E-state index >= 15 is 0 Å². The number of hydrogen-bond donors (Lipinski definition) is 3. The van der Waals surface area contributed by atoms with Crippen molar-refractivity contribution in [2.24, 2.45) is 11.7 Å². The van der Waals surface area contributed by atoms with Crippen LogP contribution >= 0.6 is 0 Å². The van der Waals surface area contributed by atoms with Crippen molar-refractivity contribution in [3.05, 3.63) is 59.7 Å². The number of nitrogens with one attached hydrogen (secondary N) is 2. The molecule has 5 heteroatoms. The number of ether oxygens (including phenoxy) is 1. The fourth-order valence-electron chi connectivity index (χ4n) is 2.14.